The van der Waals surface area contributed by atoms with E-state index in [-0.39, 0.29) is 40.8 Å². The van der Waals surface area contributed by atoms with E-state index in [2.05, 4.69) is 10.1 Å². The number of carboxylic acid groups (broad SMARTS) is 1. The molecular weight excluding hydrogens is 267 g/mol. The summed E-state index contributed by atoms with van der Waals surface area (Å²) in [7, 11) is 0. The van der Waals surface area contributed by atoms with Crippen LogP contribution in [0.25, 0.3) is 16.8 Å². The Balaban J connectivity index is 0.00000147. The molecule has 0 N–H and O–H groups in total. The number of carbonyl (C=O) groups excluding carboxylic acids is 1. The van der Waals surface area contributed by atoms with Crippen molar-refractivity contribution in [1.82, 2.24) is 19.2 Å². The van der Waals surface area contributed by atoms with Gasteiger partial charge in [-0.15, -0.1) is 0 Å². The van der Waals surface area contributed by atoms with Gasteiger partial charge < -0.3 is 9.90 Å². The molecule has 0 aromatic carbocycles. The Morgan fingerprint density at radius 3 is 2.60 bits per heavy atom. The van der Waals surface area contributed by atoms with Crippen LogP contribution in [0, 0.1) is 0 Å². The Morgan fingerprint density at radius 1 is 1.30 bits per heavy atom. The number of aromatic nitrogens is 4. The maximum Gasteiger partial charge on any atom is 1.00 e. The molecule has 3 aromatic rings. The summed E-state index contributed by atoms with van der Waals surface area (Å²) in [5.74, 6) is -1.23. The molecule has 0 atom stereocenters. The Kier molecular flexibility index (Phi) is 3.66. The first-order valence-electron chi connectivity index (χ1n) is 5.96. The molecule has 0 aliphatic carbocycles. The third-order valence-corrected chi connectivity index (χ3v) is 3.00. The second-order valence-electron chi connectivity index (χ2n) is 5.46. The van der Waals surface area contributed by atoms with Crippen molar-refractivity contribution in [3.05, 3.63) is 30.1 Å². The van der Waals surface area contributed by atoms with Crippen LogP contribution >= 0.6 is 0 Å². The van der Waals surface area contributed by atoms with E-state index in [1.165, 1.54) is 6.07 Å². The standard InChI is InChI=1S/C13H14N4O2.Na/c1-13(2,3)16-7-9-11(15-16)14-10-6-4-5-8(12(18)19)17(9)10;/h4-7H,1-3H3,(H,18,19);/q;+1/p-1. The zero-order chi connectivity index (χ0) is 13.8. The van der Waals surface area contributed by atoms with Crippen LogP contribution in [0.4, 0.5) is 0 Å². The van der Waals surface area contributed by atoms with Crippen LogP contribution < -0.4 is 34.7 Å². The van der Waals surface area contributed by atoms with Gasteiger partial charge in [-0.1, -0.05) is 6.07 Å². The van der Waals surface area contributed by atoms with E-state index in [9.17, 15) is 9.90 Å². The van der Waals surface area contributed by atoms with Crippen molar-refractivity contribution in [2.75, 3.05) is 0 Å². The first kappa shape index (κ1) is 15.0. The zero-order valence-electron chi connectivity index (χ0n) is 11.9. The van der Waals surface area contributed by atoms with E-state index in [0.29, 0.717) is 16.8 Å². The number of hydrogen-bond donors (Lipinski definition) is 0. The molecular formula is C13H13N4NaO2. The van der Waals surface area contributed by atoms with E-state index in [4.69, 9.17) is 0 Å². The van der Waals surface area contributed by atoms with Gasteiger partial charge in [-0.25, -0.2) is 4.98 Å². The Morgan fingerprint density at radius 2 is 2.00 bits per heavy atom. The number of fused-ring (bicyclic) bond motifs is 3. The number of nitrogens with zero attached hydrogens (tertiary/aromatic N) is 4. The monoisotopic (exact) mass is 280 g/mol. The third-order valence-electron chi connectivity index (χ3n) is 3.00. The quantitative estimate of drug-likeness (QED) is 0.474. The van der Waals surface area contributed by atoms with Crippen LogP contribution in [0.1, 0.15) is 31.3 Å². The summed E-state index contributed by atoms with van der Waals surface area (Å²) in [5.41, 5.74) is 1.65. The number of pyridine rings is 1. The van der Waals surface area contributed by atoms with Crippen molar-refractivity contribution in [2.24, 2.45) is 0 Å². The molecule has 0 amide bonds. The third kappa shape index (κ3) is 2.24. The minimum atomic E-state index is -1.23. The molecule has 0 unspecified atom stereocenters. The van der Waals surface area contributed by atoms with Crippen LogP contribution in [-0.4, -0.2) is 25.1 Å². The first-order valence-corrected chi connectivity index (χ1v) is 5.96. The van der Waals surface area contributed by atoms with E-state index >= 15 is 0 Å². The van der Waals surface area contributed by atoms with Crippen LogP contribution in [0.2, 0.25) is 0 Å². The number of aromatic carboxylic acids is 1. The van der Waals surface area contributed by atoms with Crippen LogP contribution in [0.3, 0.4) is 0 Å². The Bertz CT molecular complexity index is 798. The van der Waals surface area contributed by atoms with Gasteiger partial charge in [0.1, 0.15) is 11.2 Å². The van der Waals surface area contributed by atoms with Gasteiger partial charge in [0.15, 0.2) is 5.65 Å². The Labute approximate surface area is 137 Å². The van der Waals surface area contributed by atoms with Crippen molar-refractivity contribution in [3.63, 3.8) is 0 Å². The molecule has 0 aliphatic rings. The van der Waals surface area contributed by atoms with Crippen molar-refractivity contribution in [3.8, 4) is 0 Å². The summed E-state index contributed by atoms with van der Waals surface area (Å²) in [5, 5.41) is 15.6. The summed E-state index contributed by atoms with van der Waals surface area (Å²) in [4.78, 5) is 15.5. The summed E-state index contributed by atoms with van der Waals surface area (Å²) in [6.45, 7) is 6.06. The SMILES string of the molecule is CC(C)(C)n1cc2c(nc3cccc(C(=O)[O-])n32)n1.[Na+]. The van der Waals surface area contributed by atoms with Gasteiger partial charge in [0.25, 0.3) is 0 Å². The largest absolute Gasteiger partial charge is 1.00 e. The molecule has 20 heavy (non-hydrogen) atoms. The smallest absolute Gasteiger partial charge is 0.543 e. The predicted octanol–water partition coefficient (Wildman–Crippen LogP) is -2.19. The van der Waals surface area contributed by atoms with Crippen molar-refractivity contribution in [2.45, 2.75) is 26.3 Å². The molecule has 6 nitrogen and oxygen atoms in total. The van der Waals surface area contributed by atoms with Crippen LogP contribution in [0.15, 0.2) is 24.4 Å². The molecule has 98 valence electrons. The fourth-order valence-corrected chi connectivity index (χ4v) is 2.04. The predicted molar refractivity (Wildman–Crippen MR) is 67.8 cm³/mol. The van der Waals surface area contributed by atoms with Crippen LogP contribution in [0.5, 0.6) is 0 Å². The summed E-state index contributed by atoms with van der Waals surface area (Å²) in [6.07, 6.45) is 1.81. The zero-order valence-corrected chi connectivity index (χ0v) is 13.9. The van der Waals surface area contributed by atoms with Gasteiger partial charge >= 0.3 is 29.6 Å². The minimum Gasteiger partial charge on any atom is -0.543 e. The van der Waals surface area contributed by atoms with Gasteiger partial charge in [0, 0.05) is 0 Å². The normalized spacial score (nSPS) is 11.8. The summed E-state index contributed by atoms with van der Waals surface area (Å²) in [6, 6.07) is 4.89. The molecule has 7 heteroatoms. The molecule has 0 spiro atoms. The van der Waals surface area contributed by atoms with Crippen molar-refractivity contribution in [1.29, 1.82) is 0 Å². The van der Waals surface area contributed by atoms with E-state index in [1.54, 1.807) is 21.2 Å². The maximum absolute atomic E-state index is 11.2. The maximum atomic E-state index is 11.2. The molecule has 0 aliphatic heterocycles. The number of rotatable bonds is 1. The fourth-order valence-electron chi connectivity index (χ4n) is 2.04. The second-order valence-corrected chi connectivity index (χ2v) is 5.46. The number of carboxylic acids is 1. The van der Waals surface area contributed by atoms with Gasteiger partial charge in [0.05, 0.1) is 23.4 Å². The van der Waals surface area contributed by atoms with E-state index in [0.717, 1.165) is 0 Å². The number of imidazole rings is 1. The van der Waals surface area contributed by atoms with Crippen molar-refractivity contribution >= 4 is 22.8 Å². The molecule has 0 bridgehead atoms. The molecule has 0 radical (unpaired) electrons. The number of hydrogen-bond acceptors (Lipinski definition) is 4. The summed E-state index contributed by atoms with van der Waals surface area (Å²) >= 11 is 0. The van der Waals surface area contributed by atoms with Gasteiger partial charge in [-0.2, -0.15) is 5.10 Å². The average molecular weight is 280 g/mol. The van der Waals surface area contributed by atoms with E-state index in [1.807, 2.05) is 27.0 Å². The second kappa shape index (κ2) is 4.87. The average Bonchev–Trinajstić information content (AvgIpc) is 2.83. The fraction of sp³-hybridized carbons (Fsp3) is 0.308. The molecule has 3 rings (SSSR count). The molecule has 0 fully saturated rings. The molecule has 3 heterocycles. The first-order chi connectivity index (χ1) is 8.88. The molecule has 0 saturated carbocycles. The van der Waals surface area contributed by atoms with E-state index < -0.39 is 5.97 Å². The summed E-state index contributed by atoms with van der Waals surface area (Å²) < 4.78 is 3.34. The Hall–Kier alpha value is -1.37. The minimum absolute atomic E-state index is 0. The number of carbonyl (C=O) groups is 1. The molecule has 3 aromatic heterocycles. The van der Waals surface area contributed by atoms with Gasteiger partial charge in [-0.05, 0) is 32.9 Å². The van der Waals surface area contributed by atoms with Crippen molar-refractivity contribution < 1.29 is 39.5 Å². The molecule has 0 saturated heterocycles. The van der Waals surface area contributed by atoms with Crippen LogP contribution in [-0.2, 0) is 5.54 Å². The topological polar surface area (TPSA) is 75.2 Å². The van der Waals surface area contributed by atoms with Gasteiger partial charge in [-0.3, -0.25) is 9.08 Å². The van der Waals surface area contributed by atoms with Gasteiger partial charge in [0.2, 0.25) is 0 Å².